The Morgan fingerprint density at radius 3 is 2.56 bits per heavy atom. The van der Waals surface area contributed by atoms with E-state index in [1.807, 2.05) is 36.9 Å². The fraction of sp³-hybridized carbons (Fsp3) is 0.538. The van der Waals surface area contributed by atoms with Gasteiger partial charge < -0.3 is 10.8 Å². The average Bonchev–Trinajstić information content (AvgIpc) is 2.36. The van der Waals surface area contributed by atoms with Crippen LogP contribution in [0.15, 0.2) is 35.2 Å². The van der Waals surface area contributed by atoms with Crippen molar-refractivity contribution in [1.29, 1.82) is 0 Å². The lowest BCUT2D eigenvalue weighted by molar-refractivity contribution is 0.0360. The lowest BCUT2D eigenvalue weighted by Crippen LogP contribution is -2.36. The van der Waals surface area contributed by atoms with E-state index in [-0.39, 0.29) is 0 Å². The molecule has 1 aromatic rings. The van der Waals surface area contributed by atoms with E-state index in [4.69, 9.17) is 5.73 Å². The smallest absolute Gasteiger partial charge is 0.0767 e. The average molecular weight is 239 g/mol. The summed E-state index contributed by atoms with van der Waals surface area (Å²) in [5.41, 5.74) is 4.90. The third-order valence-corrected chi connectivity index (χ3v) is 3.93. The number of hydrogen-bond donors (Lipinski definition) is 2. The monoisotopic (exact) mass is 239 g/mol. The Kier molecular flexibility index (Phi) is 5.88. The normalized spacial score (nSPS) is 14.7. The molecule has 0 fully saturated rings. The summed E-state index contributed by atoms with van der Waals surface area (Å²) in [7, 11) is 0. The second kappa shape index (κ2) is 6.94. The van der Waals surface area contributed by atoms with Crippen molar-refractivity contribution < 1.29 is 5.11 Å². The maximum Gasteiger partial charge on any atom is 0.0767 e. The minimum absolute atomic E-state index is 0.361. The standard InChI is InChI=1S/C13H21NOS/c1-2-13(15,11-14)9-6-10-16-12-7-4-3-5-8-12/h3-5,7-8,15H,2,6,9-11,14H2,1H3. The van der Waals surface area contributed by atoms with Gasteiger partial charge in [-0.05, 0) is 37.1 Å². The van der Waals surface area contributed by atoms with Crippen LogP contribution in [0.1, 0.15) is 26.2 Å². The van der Waals surface area contributed by atoms with Gasteiger partial charge in [0, 0.05) is 11.4 Å². The molecule has 1 aromatic carbocycles. The molecule has 0 heterocycles. The SMILES string of the molecule is CCC(O)(CN)CCCSc1ccccc1. The first-order chi connectivity index (χ1) is 7.70. The molecule has 90 valence electrons. The van der Waals surface area contributed by atoms with Gasteiger partial charge >= 0.3 is 0 Å². The van der Waals surface area contributed by atoms with Crippen LogP contribution in [-0.4, -0.2) is 23.0 Å². The molecule has 0 radical (unpaired) electrons. The third-order valence-electron chi connectivity index (χ3n) is 2.84. The second-order valence-electron chi connectivity index (χ2n) is 4.05. The Balaban J connectivity index is 2.22. The Labute approximate surface area is 102 Å². The van der Waals surface area contributed by atoms with Gasteiger partial charge in [0.05, 0.1) is 5.60 Å². The van der Waals surface area contributed by atoms with E-state index >= 15 is 0 Å². The van der Waals surface area contributed by atoms with E-state index in [2.05, 4.69) is 12.1 Å². The fourth-order valence-electron chi connectivity index (χ4n) is 1.53. The number of benzene rings is 1. The van der Waals surface area contributed by atoms with Crippen LogP contribution in [-0.2, 0) is 0 Å². The molecule has 1 unspecified atom stereocenters. The second-order valence-corrected chi connectivity index (χ2v) is 5.22. The molecule has 0 saturated heterocycles. The Hall–Kier alpha value is -0.510. The minimum atomic E-state index is -0.656. The Morgan fingerprint density at radius 1 is 1.31 bits per heavy atom. The van der Waals surface area contributed by atoms with Crippen molar-refractivity contribution in [2.45, 2.75) is 36.7 Å². The van der Waals surface area contributed by atoms with E-state index in [1.54, 1.807) is 0 Å². The summed E-state index contributed by atoms with van der Waals surface area (Å²) in [6, 6.07) is 10.3. The van der Waals surface area contributed by atoms with E-state index in [1.165, 1.54) is 4.90 Å². The summed E-state index contributed by atoms with van der Waals surface area (Å²) in [6.45, 7) is 2.34. The van der Waals surface area contributed by atoms with E-state index in [0.29, 0.717) is 6.54 Å². The molecule has 0 aliphatic rings. The predicted octanol–water partition coefficient (Wildman–Crippen LogP) is 2.66. The first-order valence-electron chi connectivity index (χ1n) is 5.80. The van der Waals surface area contributed by atoms with Gasteiger partial charge in [-0.1, -0.05) is 25.1 Å². The first-order valence-corrected chi connectivity index (χ1v) is 6.79. The topological polar surface area (TPSA) is 46.2 Å². The Bertz CT molecular complexity index is 285. The largest absolute Gasteiger partial charge is 0.389 e. The molecule has 0 spiro atoms. The van der Waals surface area contributed by atoms with Gasteiger partial charge in [0.25, 0.3) is 0 Å². The van der Waals surface area contributed by atoms with Crippen LogP contribution in [0.4, 0.5) is 0 Å². The summed E-state index contributed by atoms with van der Waals surface area (Å²) in [5, 5.41) is 9.99. The maximum atomic E-state index is 9.99. The van der Waals surface area contributed by atoms with Crippen LogP contribution >= 0.6 is 11.8 Å². The summed E-state index contributed by atoms with van der Waals surface area (Å²) in [5.74, 6) is 1.03. The zero-order chi connectivity index (χ0) is 11.9. The summed E-state index contributed by atoms with van der Waals surface area (Å²) >= 11 is 1.83. The molecule has 0 saturated carbocycles. The zero-order valence-corrected chi connectivity index (χ0v) is 10.7. The molecular formula is C13H21NOS. The van der Waals surface area contributed by atoms with Gasteiger partial charge in [-0.15, -0.1) is 11.8 Å². The van der Waals surface area contributed by atoms with Gasteiger partial charge in [-0.25, -0.2) is 0 Å². The molecule has 0 aromatic heterocycles. The zero-order valence-electron chi connectivity index (χ0n) is 9.86. The van der Waals surface area contributed by atoms with Crippen LogP contribution in [0, 0.1) is 0 Å². The molecule has 0 aliphatic heterocycles. The highest BCUT2D eigenvalue weighted by atomic mass is 32.2. The van der Waals surface area contributed by atoms with Gasteiger partial charge in [0.2, 0.25) is 0 Å². The van der Waals surface area contributed by atoms with Crippen molar-refractivity contribution >= 4 is 11.8 Å². The molecule has 0 aliphatic carbocycles. The molecule has 3 heteroatoms. The van der Waals surface area contributed by atoms with Crippen LogP contribution in [0.25, 0.3) is 0 Å². The number of aliphatic hydroxyl groups is 1. The molecule has 2 nitrogen and oxygen atoms in total. The molecule has 1 rings (SSSR count). The van der Waals surface area contributed by atoms with Gasteiger partial charge in [-0.3, -0.25) is 0 Å². The number of hydrogen-bond acceptors (Lipinski definition) is 3. The fourth-order valence-corrected chi connectivity index (χ4v) is 2.41. The van der Waals surface area contributed by atoms with Crippen LogP contribution in [0.3, 0.4) is 0 Å². The number of thioether (sulfide) groups is 1. The summed E-state index contributed by atoms with van der Waals surface area (Å²) < 4.78 is 0. The molecule has 3 N–H and O–H groups in total. The van der Waals surface area contributed by atoms with Gasteiger partial charge in [0.15, 0.2) is 0 Å². The quantitative estimate of drug-likeness (QED) is 0.568. The van der Waals surface area contributed by atoms with Gasteiger partial charge in [0.1, 0.15) is 0 Å². The summed E-state index contributed by atoms with van der Waals surface area (Å²) in [4.78, 5) is 1.29. The maximum absolute atomic E-state index is 9.99. The van der Waals surface area contributed by atoms with Crippen molar-refractivity contribution in [3.8, 4) is 0 Å². The minimum Gasteiger partial charge on any atom is -0.389 e. The van der Waals surface area contributed by atoms with E-state index in [0.717, 1.165) is 25.0 Å². The first kappa shape index (κ1) is 13.6. The molecule has 16 heavy (non-hydrogen) atoms. The highest BCUT2D eigenvalue weighted by molar-refractivity contribution is 7.99. The highest BCUT2D eigenvalue weighted by Gasteiger charge is 2.21. The highest BCUT2D eigenvalue weighted by Crippen LogP contribution is 2.22. The lowest BCUT2D eigenvalue weighted by atomic mass is 9.95. The van der Waals surface area contributed by atoms with Crippen molar-refractivity contribution in [2.75, 3.05) is 12.3 Å². The van der Waals surface area contributed by atoms with Crippen molar-refractivity contribution in [3.63, 3.8) is 0 Å². The van der Waals surface area contributed by atoms with E-state index < -0.39 is 5.60 Å². The van der Waals surface area contributed by atoms with Crippen LogP contribution in [0.2, 0.25) is 0 Å². The molecule has 0 amide bonds. The number of rotatable bonds is 7. The third kappa shape index (κ3) is 4.56. The van der Waals surface area contributed by atoms with Gasteiger partial charge in [-0.2, -0.15) is 0 Å². The van der Waals surface area contributed by atoms with Crippen molar-refractivity contribution in [3.05, 3.63) is 30.3 Å². The van der Waals surface area contributed by atoms with Crippen molar-refractivity contribution in [1.82, 2.24) is 0 Å². The molecule has 0 bridgehead atoms. The predicted molar refractivity (Wildman–Crippen MR) is 70.7 cm³/mol. The molecular weight excluding hydrogens is 218 g/mol. The van der Waals surface area contributed by atoms with Crippen molar-refractivity contribution in [2.24, 2.45) is 5.73 Å². The molecule has 1 atom stereocenters. The Morgan fingerprint density at radius 2 is 2.00 bits per heavy atom. The summed E-state index contributed by atoms with van der Waals surface area (Å²) in [6.07, 6.45) is 2.53. The lowest BCUT2D eigenvalue weighted by Gasteiger charge is -2.24. The van der Waals surface area contributed by atoms with Crippen LogP contribution in [0.5, 0.6) is 0 Å². The van der Waals surface area contributed by atoms with Crippen LogP contribution < -0.4 is 5.73 Å². The van der Waals surface area contributed by atoms with E-state index in [9.17, 15) is 5.11 Å². The number of nitrogens with two attached hydrogens (primary N) is 1.